The van der Waals surface area contributed by atoms with Gasteiger partial charge in [-0.1, -0.05) is 0 Å². The molecule has 0 amide bonds. The van der Waals surface area contributed by atoms with Crippen molar-refractivity contribution in [2.24, 2.45) is 0 Å². The minimum atomic E-state index is -4.41. The molecule has 0 aliphatic carbocycles. The summed E-state index contributed by atoms with van der Waals surface area (Å²) < 4.78 is 36.6. The Balaban J connectivity index is 3.19. The van der Waals surface area contributed by atoms with Crippen molar-refractivity contribution >= 4 is 33.5 Å². The van der Waals surface area contributed by atoms with E-state index in [0.29, 0.717) is 0 Å². The Hall–Kier alpha value is -0.490. The molecule has 13 heavy (non-hydrogen) atoms. The Morgan fingerprint density at radius 1 is 1.46 bits per heavy atom. The van der Waals surface area contributed by atoms with Gasteiger partial charge in [-0.05, 0) is 22.0 Å². The van der Waals surface area contributed by atoms with Gasteiger partial charge in [0.1, 0.15) is 5.82 Å². The standard InChI is InChI=1S/C6H3BrClF3N2/c7-4-2-12-5(13-8)1-3(4)6(9,10)11/h1-2H,(H,12,13). The fourth-order valence-electron chi connectivity index (χ4n) is 0.708. The quantitative estimate of drug-likeness (QED) is 0.794. The Morgan fingerprint density at radius 2 is 2.08 bits per heavy atom. The van der Waals surface area contributed by atoms with Crippen LogP contribution in [-0.2, 0) is 6.18 Å². The lowest BCUT2D eigenvalue weighted by atomic mass is 10.2. The van der Waals surface area contributed by atoms with Crippen LogP contribution in [-0.4, -0.2) is 4.98 Å². The molecule has 0 fully saturated rings. The van der Waals surface area contributed by atoms with Crippen molar-refractivity contribution in [1.82, 2.24) is 4.98 Å². The monoisotopic (exact) mass is 274 g/mol. The number of pyridine rings is 1. The molecule has 1 N–H and O–H groups in total. The maximum atomic E-state index is 12.2. The summed E-state index contributed by atoms with van der Waals surface area (Å²) in [7, 11) is 0. The van der Waals surface area contributed by atoms with Crippen LogP contribution >= 0.6 is 27.7 Å². The number of aromatic nitrogens is 1. The highest BCUT2D eigenvalue weighted by atomic mass is 79.9. The van der Waals surface area contributed by atoms with Gasteiger partial charge in [0.25, 0.3) is 0 Å². The molecule has 0 bridgehead atoms. The summed E-state index contributed by atoms with van der Waals surface area (Å²) in [4.78, 5) is 5.59. The van der Waals surface area contributed by atoms with E-state index in [1.165, 1.54) is 0 Å². The zero-order valence-electron chi connectivity index (χ0n) is 5.99. The van der Waals surface area contributed by atoms with Crippen LogP contribution in [0.2, 0.25) is 0 Å². The topological polar surface area (TPSA) is 24.9 Å². The molecule has 0 aliphatic rings. The predicted molar refractivity (Wildman–Crippen MR) is 46.4 cm³/mol. The van der Waals surface area contributed by atoms with E-state index in [1.807, 2.05) is 4.84 Å². The summed E-state index contributed by atoms with van der Waals surface area (Å²) in [6.45, 7) is 0. The van der Waals surface area contributed by atoms with Crippen LogP contribution in [0.15, 0.2) is 16.7 Å². The van der Waals surface area contributed by atoms with Crippen molar-refractivity contribution in [3.63, 3.8) is 0 Å². The van der Waals surface area contributed by atoms with Gasteiger partial charge in [-0.25, -0.2) is 4.98 Å². The highest BCUT2D eigenvalue weighted by Gasteiger charge is 2.33. The molecular formula is C6H3BrClF3N2. The first-order valence-corrected chi connectivity index (χ1v) is 4.21. The van der Waals surface area contributed by atoms with Gasteiger partial charge < -0.3 is 0 Å². The van der Waals surface area contributed by atoms with Crippen LogP contribution in [0.25, 0.3) is 0 Å². The Morgan fingerprint density at radius 3 is 2.54 bits per heavy atom. The molecule has 1 heterocycles. The van der Waals surface area contributed by atoms with Gasteiger partial charge in [0.05, 0.1) is 5.56 Å². The second-order valence-electron chi connectivity index (χ2n) is 2.14. The average Bonchev–Trinajstić information content (AvgIpc) is 2.03. The van der Waals surface area contributed by atoms with Crippen LogP contribution in [0, 0.1) is 0 Å². The van der Waals surface area contributed by atoms with Crippen molar-refractivity contribution in [2.45, 2.75) is 6.18 Å². The third-order valence-electron chi connectivity index (χ3n) is 1.26. The Labute approximate surface area is 85.3 Å². The number of hydrogen-bond donors (Lipinski definition) is 1. The zero-order valence-corrected chi connectivity index (χ0v) is 8.33. The number of halogens is 5. The molecule has 0 aromatic carbocycles. The van der Waals surface area contributed by atoms with Gasteiger partial charge >= 0.3 is 6.18 Å². The average molecular weight is 275 g/mol. The lowest BCUT2D eigenvalue weighted by Crippen LogP contribution is -2.07. The highest BCUT2D eigenvalue weighted by molar-refractivity contribution is 9.10. The maximum absolute atomic E-state index is 12.2. The van der Waals surface area contributed by atoms with Crippen LogP contribution in [0.5, 0.6) is 0 Å². The molecule has 0 aliphatic heterocycles. The molecule has 1 aromatic rings. The van der Waals surface area contributed by atoms with Crippen molar-refractivity contribution in [3.8, 4) is 0 Å². The first-order chi connectivity index (χ1) is 5.95. The van der Waals surface area contributed by atoms with Crippen LogP contribution in [0.1, 0.15) is 5.56 Å². The molecule has 1 rings (SSSR count). The van der Waals surface area contributed by atoms with Gasteiger partial charge in [-0.2, -0.15) is 13.2 Å². The van der Waals surface area contributed by atoms with E-state index in [2.05, 4.69) is 20.9 Å². The summed E-state index contributed by atoms with van der Waals surface area (Å²) in [5.41, 5.74) is -0.814. The summed E-state index contributed by atoms with van der Waals surface area (Å²) in [6, 6.07) is 0.817. The Kier molecular flexibility index (Phi) is 3.02. The molecular weight excluding hydrogens is 272 g/mol. The highest BCUT2D eigenvalue weighted by Crippen LogP contribution is 2.35. The smallest absolute Gasteiger partial charge is 0.283 e. The molecule has 0 saturated heterocycles. The van der Waals surface area contributed by atoms with Gasteiger partial charge in [0.2, 0.25) is 0 Å². The third kappa shape index (κ3) is 2.47. The number of alkyl halides is 3. The van der Waals surface area contributed by atoms with Gasteiger partial charge in [-0.15, -0.1) is 0 Å². The lowest BCUT2D eigenvalue weighted by Gasteiger charge is -2.09. The summed E-state index contributed by atoms with van der Waals surface area (Å²) in [6.07, 6.45) is -3.38. The van der Waals surface area contributed by atoms with E-state index in [-0.39, 0.29) is 10.3 Å². The summed E-state index contributed by atoms with van der Waals surface area (Å²) >= 11 is 7.85. The van der Waals surface area contributed by atoms with Crippen molar-refractivity contribution in [2.75, 3.05) is 4.84 Å². The molecule has 0 spiro atoms. The first kappa shape index (κ1) is 10.6. The molecule has 72 valence electrons. The lowest BCUT2D eigenvalue weighted by molar-refractivity contribution is -0.138. The Bertz CT molecular complexity index is 315. The SMILES string of the molecule is FC(F)(F)c1cc(NCl)ncc1Br. The van der Waals surface area contributed by atoms with E-state index >= 15 is 0 Å². The first-order valence-electron chi connectivity index (χ1n) is 3.04. The van der Waals surface area contributed by atoms with Gasteiger partial charge in [0.15, 0.2) is 0 Å². The number of anilines is 1. The van der Waals surface area contributed by atoms with Crippen LogP contribution < -0.4 is 4.84 Å². The second-order valence-corrected chi connectivity index (χ2v) is 3.18. The van der Waals surface area contributed by atoms with Crippen LogP contribution in [0.3, 0.4) is 0 Å². The molecule has 0 unspecified atom stereocenters. The second kappa shape index (κ2) is 3.71. The summed E-state index contributed by atoms with van der Waals surface area (Å²) in [5, 5.41) is 0. The summed E-state index contributed by atoms with van der Waals surface area (Å²) in [5.74, 6) is -0.0443. The normalized spacial score (nSPS) is 11.5. The van der Waals surface area contributed by atoms with Crippen molar-refractivity contribution < 1.29 is 13.2 Å². The number of rotatable bonds is 1. The van der Waals surface area contributed by atoms with Crippen LogP contribution in [0.4, 0.5) is 19.0 Å². The molecule has 0 atom stereocenters. The van der Waals surface area contributed by atoms with E-state index in [9.17, 15) is 13.2 Å². The van der Waals surface area contributed by atoms with E-state index in [0.717, 1.165) is 12.3 Å². The largest absolute Gasteiger partial charge is 0.417 e. The van der Waals surface area contributed by atoms with Crippen molar-refractivity contribution in [3.05, 3.63) is 22.3 Å². The molecule has 0 saturated carbocycles. The third-order valence-corrected chi connectivity index (χ3v) is 2.08. The number of nitrogens with zero attached hydrogens (tertiary/aromatic N) is 1. The number of hydrogen-bond acceptors (Lipinski definition) is 2. The fourth-order valence-corrected chi connectivity index (χ4v) is 1.25. The predicted octanol–water partition coefficient (Wildman–Crippen LogP) is 3.43. The van der Waals surface area contributed by atoms with E-state index in [1.54, 1.807) is 0 Å². The fraction of sp³-hybridized carbons (Fsp3) is 0.167. The minimum absolute atomic E-state index is 0.0443. The van der Waals surface area contributed by atoms with Gasteiger partial charge in [-0.3, -0.25) is 4.84 Å². The zero-order chi connectivity index (χ0) is 10.1. The maximum Gasteiger partial charge on any atom is 0.417 e. The van der Waals surface area contributed by atoms with E-state index < -0.39 is 11.7 Å². The minimum Gasteiger partial charge on any atom is -0.283 e. The van der Waals surface area contributed by atoms with E-state index in [4.69, 9.17) is 11.8 Å². The molecule has 1 aromatic heterocycles. The molecule has 7 heteroatoms. The van der Waals surface area contributed by atoms with Crippen molar-refractivity contribution in [1.29, 1.82) is 0 Å². The molecule has 0 radical (unpaired) electrons. The number of nitrogens with one attached hydrogen (secondary N) is 1. The molecule has 2 nitrogen and oxygen atoms in total. The van der Waals surface area contributed by atoms with Gasteiger partial charge in [0, 0.05) is 22.4 Å².